The molecule has 84 valence electrons. The molecular formula is C10H12IN5. The Morgan fingerprint density at radius 2 is 2.31 bits per heavy atom. The molecule has 2 rings (SSSR count). The Hall–Kier alpha value is -1.18. The molecule has 2 aromatic rings. The first-order valence-corrected chi connectivity index (χ1v) is 6.15. The average molecular weight is 329 g/mol. The molecule has 0 radical (unpaired) electrons. The summed E-state index contributed by atoms with van der Waals surface area (Å²) in [5, 5.41) is 3.26. The number of nitrogens with one attached hydrogen (secondary N) is 2. The Morgan fingerprint density at radius 3 is 3.00 bits per heavy atom. The summed E-state index contributed by atoms with van der Waals surface area (Å²) in [6, 6.07) is 0. The van der Waals surface area contributed by atoms with Crippen molar-refractivity contribution in [2.45, 2.75) is 13.3 Å². The molecule has 0 aliphatic rings. The molecule has 0 saturated heterocycles. The summed E-state index contributed by atoms with van der Waals surface area (Å²) in [6.45, 7) is 3.03. The number of anilines is 1. The molecule has 0 saturated carbocycles. The van der Waals surface area contributed by atoms with Gasteiger partial charge in [-0.15, -0.1) is 0 Å². The molecule has 0 bridgehead atoms. The van der Waals surface area contributed by atoms with Gasteiger partial charge in [0.15, 0.2) is 11.6 Å². The number of aromatic amines is 1. The molecule has 0 unspecified atom stereocenters. The first-order valence-electron chi connectivity index (χ1n) is 5.07. The lowest BCUT2D eigenvalue weighted by Gasteiger charge is -2.06. The Labute approximate surface area is 107 Å². The van der Waals surface area contributed by atoms with Crippen LogP contribution in [0.1, 0.15) is 13.3 Å². The van der Waals surface area contributed by atoms with Crippen molar-refractivity contribution in [2.24, 2.45) is 0 Å². The summed E-state index contributed by atoms with van der Waals surface area (Å²) in [6.07, 6.45) is 6.31. The minimum atomic E-state index is 0.615. The topological polar surface area (TPSA) is 66.5 Å². The second-order valence-electron chi connectivity index (χ2n) is 3.25. The highest BCUT2D eigenvalue weighted by atomic mass is 127. The summed E-state index contributed by atoms with van der Waals surface area (Å²) >= 11 is 2.22. The zero-order valence-corrected chi connectivity index (χ0v) is 11.0. The van der Waals surface area contributed by atoms with E-state index in [0.29, 0.717) is 11.6 Å². The highest BCUT2D eigenvalue weighted by Gasteiger charge is 2.07. The van der Waals surface area contributed by atoms with Crippen LogP contribution in [0.5, 0.6) is 0 Å². The van der Waals surface area contributed by atoms with Crippen LogP contribution < -0.4 is 5.32 Å². The van der Waals surface area contributed by atoms with Crippen LogP contribution in [0.2, 0.25) is 0 Å². The van der Waals surface area contributed by atoms with Crippen molar-refractivity contribution in [3.63, 3.8) is 0 Å². The zero-order chi connectivity index (χ0) is 11.4. The molecule has 0 spiro atoms. The van der Waals surface area contributed by atoms with Crippen molar-refractivity contribution in [3.8, 4) is 11.6 Å². The van der Waals surface area contributed by atoms with Gasteiger partial charge in [-0.1, -0.05) is 6.92 Å². The SMILES string of the molecule is CCCNc1nc(-c2ncc[nH]2)ncc1I. The molecule has 2 aromatic heterocycles. The van der Waals surface area contributed by atoms with Crippen LogP contribution in [-0.4, -0.2) is 26.5 Å². The maximum atomic E-state index is 4.43. The van der Waals surface area contributed by atoms with Gasteiger partial charge in [0.2, 0.25) is 0 Å². The second kappa shape index (κ2) is 5.24. The van der Waals surface area contributed by atoms with Gasteiger partial charge in [-0.3, -0.25) is 0 Å². The van der Waals surface area contributed by atoms with Crippen molar-refractivity contribution in [1.29, 1.82) is 0 Å². The van der Waals surface area contributed by atoms with Gasteiger partial charge in [0.05, 0.1) is 3.57 Å². The molecule has 5 nitrogen and oxygen atoms in total. The van der Waals surface area contributed by atoms with Crippen LogP contribution in [0.3, 0.4) is 0 Å². The fourth-order valence-corrected chi connectivity index (χ4v) is 1.69. The molecule has 6 heteroatoms. The van der Waals surface area contributed by atoms with Crippen molar-refractivity contribution in [2.75, 3.05) is 11.9 Å². The third kappa shape index (κ3) is 2.49. The first kappa shape index (κ1) is 11.3. The summed E-state index contributed by atoms with van der Waals surface area (Å²) in [5.41, 5.74) is 0. The lowest BCUT2D eigenvalue weighted by atomic mass is 10.4. The van der Waals surface area contributed by atoms with Gasteiger partial charge in [0.1, 0.15) is 5.82 Å². The zero-order valence-electron chi connectivity index (χ0n) is 8.87. The Balaban J connectivity index is 2.28. The fourth-order valence-electron chi connectivity index (χ4n) is 1.24. The van der Waals surface area contributed by atoms with Crippen molar-refractivity contribution in [1.82, 2.24) is 19.9 Å². The van der Waals surface area contributed by atoms with Gasteiger partial charge in [-0.25, -0.2) is 15.0 Å². The summed E-state index contributed by atoms with van der Waals surface area (Å²) in [5.74, 6) is 2.17. The standard InChI is InChI=1S/C10H12IN5/c1-2-3-12-8-7(11)6-15-10(16-8)9-13-4-5-14-9/h4-6H,2-3H2,1H3,(H,13,14)(H,12,15,16). The quantitative estimate of drug-likeness (QED) is 0.845. The summed E-state index contributed by atoms with van der Waals surface area (Å²) in [4.78, 5) is 15.8. The Bertz CT molecular complexity index is 454. The predicted octanol–water partition coefficient (Wildman–Crippen LogP) is 2.29. The largest absolute Gasteiger partial charge is 0.369 e. The number of imidazole rings is 1. The summed E-state index contributed by atoms with van der Waals surface area (Å²) in [7, 11) is 0. The number of rotatable bonds is 4. The van der Waals surface area contributed by atoms with Gasteiger partial charge >= 0.3 is 0 Å². The number of nitrogens with zero attached hydrogens (tertiary/aromatic N) is 3. The van der Waals surface area contributed by atoms with Gasteiger partial charge in [-0.05, 0) is 29.0 Å². The minimum Gasteiger partial charge on any atom is -0.369 e. The molecule has 0 aliphatic carbocycles. The van der Waals surface area contributed by atoms with Crippen LogP contribution in [-0.2, 0) is 0 Å². The second-order valence-corrected chi connectivity index (χ2v) is 4.42. The van der Waals surface area contributed by atoms with E-state index in [1.54, 1.807) is 18.6 Å². The minimum absolute atomic E-state index is 0.615. The van der Waals surface area contributed by atoms with E-state index < -0.39 is 0 Å². The maximum Gasteiger partial charge on any atom is 0.197 e. The van der Waals surface area contributed by atoms with E-state index in [9.17, 15) is 0 Å². The van der Waals surface area contributed by atoms with E-state index in [1.165, 1.54) is 0 Å². The van der Waals surface area contributed by atoms with Crippen LogP contribution in [0.25, 0.3) is 11.6 Å². The first-order chi connectivity index (χ1) is 7.81. The Kier molecular flexibility index (Phi) is 3.70. The average Bonchev–Trinajstić information content (AvgIpc) is 2.81. The molecule has 0 fully saturated rings. The van der Waals surface area contributed by atoms with Gasteiger partial charge in [-0.2, -0.15) is 0 Å². The molecular weight excluding hydrogens is 317 g/mol. The van der Waals surface area contributed by atoms with Gasteiger partial charge in [0.25, 0.3) is 0 Å². The smallest absolute Gasteiger partial charge is 0.197 e. The van der Waals surface area contributed by atoms with Crippen molar-refractivity contribution < 1.29 is 0 Å². The number of hydrogen-bond acceptors (Lipinski definition) is 4. The molecule has 16 heavy (non-hydrogen) atoms. The van der Waals surface area contributed by atoms with Crippen molar-refractivity contribution in [3.05, 3.63) is 22.2 Å². The van der Waals surface area contributed by atoms with Crippen molar-refractivity contribution >= 4 is 28.4 Å². The summed E-state index contributed by atoms with van der Waals surface area (Å²) < 4.78 is 1.02. The van der Waals surface area contributed by atoms with E-state index in [1.807, 2.05) is 0 Å². The molecule has 0 aliphatic heterocycles. The molecule has 0 amide bonds. The fraction of sp³-hybridized carbons (Fsp3) is 0.300. The number of halogens is 1. The lowest BCUT2D eigenvalue weighted by Crippen LogP contribution is -2.05. The third-order valence-electron chi connectivity index (χ3n) is 2.00. The van der Waals surface area contributed by atoms with E-state index in [4.69, 9.17) is 0 Å². The van der Waals surface area contributed by atoms with E-state index in [0.717, 1.165) is 22.4 Å². The molecule has 2 N–H and O–H groups in total. The van der Waals surface area contributed by atoms with E-state index >= 15 is 0 Å². The van der Waals surface area contributed by atoms with E-state index in [-0.39, 0.29) is 0 Å². The third-order valence-corrected chi connectivity index (χ3v) is 2.79. The van der Waals surface area contributed by atoms with Gasteiger partial charge < -0.3 is 10.3 Å². The number of H-pyrrole nitrogens is 1. The highest BCUT2D eigenvalue weighted by Crippen LogP contribution is 2.17. The number of aromatic nitrogens is 4. The predicted molar refractivity (Wildman–Crippen MR) is 71.1 cm³/mol. The molecule has 0 aromatic carbocycles. The van der Waals surface area contributed by atoms with Crippen LogP contribution >= 0.6 is 22.6 Å². The lowest BCUT2D eigenvalue weighted by molar-refractivity contribution is 0.961. The molecule has 0 atom stereocenters. The monoisotopic (exact) mass is 329 g/mol. The van der Waals surface area contributed by atoms with Crippen LogP contribution in [0, 0.1) is 3.57 Å². The van der Waals surface area contributed by atoms with Gasteiger partial charge in [0, 0.05) is 25.1 Å². The highest BCUT2D eigenvalue weighted by molar-refractivity contribution is 14.1. The Morgan fingerprint density at radius 1 is 1.44 bits per heavy atom. The van der Waals surface area contributed by atoms with Crippen LogP contribution in [0.15, 0.2) is 18.6 Å². The molecule has 2 heterocycles. The number of hydrogen-bond donors (Lipinski definition) is 2. The normalized spacial score (nSPS) is 10.4. The van der Waals surface area contributed by atoms with Crippen LogP contribution in [0.4, 0.5) is 5.82 Å². The maximum absolute atomic E-state index is 4.43. The van der Waals surface area contributed by atoms with E-state index in [2.05, 4.69) is 54.8 Å².